The lowest BCUT2D eigenvalue weighted by molar-refractivity contribution is 0.632. The minimum atomic E-state index is -0.329. The molecule has 10 rings (SSSR count). The monoisotopic (exact) mass is 864 g/mol. The lowest BCUT2D eigenvalue weighted by Crippen LogP contribution is -1.98. The van der Waals surface area contributed by atoms with E-state index >= 15 is 4.39 Å². The van der Waals surface area contributed by atoms with Crippen LogP contribution in [0, 0.1) is 17.1 Å². The van der Waals surface area contributed by atoms with Crippen LogP contribution in [-0.2, 0) is 25.7 Å². The first-order chi connectivity index (χ1) is 33.0. The summed E-state index contributed by atoms with van der Waals surface area (Å²) < 4.78 is 16.7. The van der Waals surface area contributed by atoms with E-state index in [1.165, 1.54) is 22.3 Å². The number of aromatic nitrogens is 3. The van der Waals surface area contributed by atoms with Gasteiger partial charge < -0.3 is 0 Å². The molecule has 0 radical (unpaired) electrons. The Morgan fingerprint density at radius 1 is 0.328 bits per heavy atom. The van der Waals surface area contributed by atoms with Gasteiger partial charge in [-0.1, -0.05) is 146 Å². The van der Waals surface area contributed by atoms with Crippen LogP contribution in [0.3, 0.4) is 0 Å². The first-order valence-corrected chi connectivity index (χ1v) is 22.6. The van der Waals surface area contributed by atoms with Crippen LogP contribution in [0.2, 0.25) is 0 Å². The van der Waals surface area contributed by atoms with Gasteiger partial charge in [0.1, 0.15) is 5.82 Å². The lowest BCUT2D eigenvalue weighted by Gasteiger charge is -2.18. The standard InChI is InChI=1S/C62H45FN4/c63-59-41-51(48-24-22-45(42-64)23-25-48)30-33-57(59)58-40-52(62-13-5-8-36-67-62)31-32-56(58)55-10-2-1-9-54(55)53-38-46(16-14-43-18-26-49(27-19-43)60-11-3-6-34-65-60)37-47(39-53)17-15-44-20-28-50(29-21-44)61-12-4-7-35-66-61/h1-13,18-41H,14-17H2. The molecule has 0 aliphatic heterocycles. The molecule has 0 bridgehead atoms. The Morgan fingerprint density at radius 3 is 1.30 bits per heavy atom. The third-order valence-corrected chi connectivity index (χ3v) is 12.4. The number of nitriles is 1. The molecule has 0 aliphatic carbocycles. The zero-order valence-electron chi connectivity index (χ0n) is 36.9. The Balaban J connectivity index is 1.02. The van der Waals surface area contributed by atoms with Crippen LogP contribution >= 0.6 is 0 Å². The van der Waals surface area contributed by atoms with E-state index < -0.39 is 0 Å². The van der Waals surface area contributed by atoms with Gasteiger partial charge in [0, 0.05) is 40.8 Å². The van der Waals surface area contributed by atoms with Crippen molar-refractivity contribution >= 4 is 0 Å². The number of hydrogen-bond donors (Lipinski definition) is 0. The summed E-state index contributed by atoms with van der Waals surface area (Å²) in [6.07, 6.45) is 8.95. The first-order valence-electron chi connectivity index (χ1n) is 22.6. The predicted octanol–water partition coefficient (Wildman–Crippen LogP) is 15.1. The van der Waals surface area contributed by atoms with Crippen molar-refractivity contribution in [1.29, 1.82) is 5.26 Å². The van der Waals surface area contributed by atoms with E-state index in [1.807, 2.05) is 91.3 Å². The van der Waals surface area contributed by atoms with Gasteiger partial charge in [-0.25, -0.2) is 4.39 Å². The fourth-order valence-electron chi connectivity index (χ4n) is 8.85. The molecule has 4 nitrogen and oxygen atoms in total. The molecular formula is C62H45FN4. The molecule has 0 amide bonds. The Kier molecular flexibility index (Phi) is 12.4. The van der Waals surface area contributed by atoms with Crippen LogP contribution in [-0.4, -0.2) is 15.0 Å². The number of hydrogen-bond acceptors (Lipinski definition) is 4. The second-order valence-electron chi connectivity index (χ2n) is 16.8. The Morgan fingerprint density at radius 2 is 0.776 bits per heavy atom. The van der Waals surface area contributed by atoms with Gasteiger partial charge in [-0.15, -0.1) is 0 Å². The normalized spacial score (nSPS) is 11.0. The van der Waals surface area contributed by atoms with Crippen LogP contribution in [0.1, 0.15) is 27.8 Å². The molecule has 0 spiro atoms. The summed E-state index contributed by atoms with van der Waals surface area (Å²) in [5.41, 5.74) is 18.5. The highest BCUT2D eigenvalue weighted by molar-refractivity contribution is 5.94. The second-order valence-corrected chi connectivity index (χ2v) is 16.8. The van der Waals surface area contributed by atoms with Gasteiger partial charge in [0.25, 0.3) is 0 Å². The molecule has 0 unspecified atom stereocenters. The fraction of sp³-hybridized carbons (Fsp3) is 0.0645. The summed E-state index contributed by atoms with van der Waals surface area (Å²) >= 11 is 0. The number of pyridine rings is 3. The summed E-state index contributed by atoms with van der Waals surface area (Å²) in [6, 6.07) is 71.9. The van der Waals surface area contributed by atoms with Gasteiger partial charge in [-0.05, 0) is 148 Å². The summed E-state index contributed by atoms with van der Waals surface area (Å²) in [7, 11) is 0. The van der Waals surface area contributed by atoms with E-state index in [2.05, 4.69) is 130 Å². The zero-order chi connectivity index (χ0) is 45.4. The van der Waals surface area contributed by atoms with Crippen LogP contribution in [0.25, 0.3) is 78.3 Å². The average Bonchev–Trinajstić information content (AvgIpc) is 3.40. The topological polar surface area (TPSA) is 62.5 Å². The highest BCUT2D eigenvalue weighted by Gasteiger charge is 2.18. The van der Waals surface area contributed by atoms with Gasteiger partial charge >= 0.3 is 0 Å². The Bertz CT molecular complexity index is 3220. The Labute approximate surface area is 391 Å². The van der Waals surface area contributed by atoms with E-state index in [0.717, 1.165) is 98.4 Å². The van der Waals surface area contributed by atoms with Crippen molar-refractivity contribution in [3.63, 3.8) is 0 Å². The number of nitrogens with zero attached hydrogens (tertiary/aromatic N) is 4. The molecule has 0 N–H and O–H groups in total. The summed E-state index contributed by atoms with van der Waals surface area (Å²) in [5.74, 6) is -0.329. The lowest BCUT2D eigenvalue weighted by atomic mass is 9.86. The minimum Gasteiger partial charge on any atom is -0.256 e. The van der Waals surface area contributed by atoms with Crippen molar-refractivity contribution in [3.05, 3.63) is 258 Å². The van der Waals surface area contributed by atoms with Crippen molar-refractivity contribution < 1.29 is 4.39 Å². The van der Waals surface area contributed by atoms with Crippen molar-refractivity contribution in [1.82, 2.24) is 15.0 Å². The van der Waals surface area contributed by atoms with Crippen LogP contribution in [0.4, 0.5) is 4.39 Å². The number of benzene rings is 7. The van der Waals surface area contributed by atoms with Crippen molar-refractivity contribution in [2.45, 2.75) is 25.7 Å². The summed E-state index contributed by atoms with van der Waals surface area (Å²) in [5, 5.41) is 9.34. The molecule has 0 fully saturated rings. The molecule has 320 valence electrons. The van der Waals surface area contributed by atoms with E-state index in [1.54, 1.807) is 24.4 Å². The number of rotatable bonds is 13. The molecule has 10 aromatic rings. The van der Waals surface area contributed by atoms with Crippen LogP contribution in [0.15, 0.2) is 225 Å². The molecular weight excluding hydrogens is 820 g/mol. The minimum absolute atomic E-state index is 0.329. The number of halogens is 1. The van der Waals surface area contributed by atoms with Crippen LogP contribution < -0.4 is 0 Å². The zero-order valence-corrected chi connectivity index (χ0v) is 36.9. The van der Waals surface area contributed by atoms with E-state index in [0.29, 0.717) is 11.1 Å². The van der Waals surface area contributed by atoms with Gasteiger partial charge in [-0.3, -0.25) is 15.0 Å². The average molecular weight is 865 g/mol. The quantitative estimate of drug-likeness (QED) is 0.116. The molecule has 0 aliphatic rings. The van der Waals surface area contributed by atoms with Crippen molar-refractivity contribution in [2.75, 3.05) is 0 Å². The summed E-state index contributed by atoms with van der Waals surface area (Å²) in [6.45, 7) is 0. The molecule has 7 aromatic carbocycles. The molecule has 0 saturated carbocycles. The van der Waals surface area contributed by atoms with Gasteiger partial charge in [0.15, 0.2) is 0 Å². The van der Waals surface area contributed by atoms with Gasteiger partial charge in [-0.2, -0.15) is 5.26 Å². The van der Waals surface area contributed by atoms with E-state index in [9.17, 15) is 5.26 Å². The maximum Gasteiger partial charge on any atom is 0.131 e. The molecule has 0 atom stereocenters. The third kappa shape index (κ3) is 9.76. The van der Waals surface area contributed by atoms with Gasteiger partial charge in [0.2, 0.25) is 0 Å². The molecule has 3 aromatic heterocycles. The van der Waals surface area contributed by atoms with E-state index in [-0.39, 0.29) is 5.82 Å². The van der Waals surface area contributed by atoms with Gasteiger partial charge in [0.05, 0.1) is 28.7 Å². The first kappa shape index (κ1) is 42.4. The molecule has 67 heavy (non-hydrogen) atoms. The van der Waals surface area contributed by atoms with Crippen LogP contribution in [0.5, 0.6) is 0 Å². The van der Waals surface area contributed by atoms with Crippen molar-refractivity contribution in [2.24, 2.45) is 0 Å². The highest BCUT2D eigenvalue weighted by atomic mass is 19.1. The van der Waals surface area contributed by atoms with Crippen molar-refractivity contribution in [3.8, 4) is 84.3 Å². The Hall–Kier alpha value is -8.59. The third-order valence-electron chi connectivity index (χ3n) is 12.4. The van der Waals surface area contributed by atoms with E-state index in [4.69, 9.17) is 0 Å². The number of aryl methyl sites for hydroxylation is 4. The molecule has 5 heteroatoms. The maximum atomic E-state index is 16.7. The SMILES string of the molecule is N#Cc1ccc(-c2ccc(-c3cc(-c4ccccn4)ccc3-c3ccccc3-c3cc(CCc4ccc(-c5ccccn5)cc4)cc(CCc4ccc(-c5ccccn5)cc4)c3)c(F)c2)cc1. The highest BCUT2D eigenvalue weighted by Crippen LogP contribution is 2.42. The maximum absolute atomic E-state index is 16.7. The summed E-state index contributed by atoms with van der Waals surface area (Å²) in [4.78, 5) is 13.7. The predicted molar refractivity (Wildman–Crippen MR) is 270 cm³/mol. The molecule has 3 heterocycles. The second kappa shape index (κ2) is 19.7. The largest absolute Gasteiger partial charge is 0.256 e. The smallest absolute Gasteiger partial charge is 0.131 e. The fourth-order valence-corrected chi connectivity index (χ4v) is 8.85. The molecule has 0 saturated heterocycles.